The minimum Gasteiger partial charge on any atom is -0.508 e. The van der Waals surface area contributed by atoms with E-state index in [-0.39, 0.29) is 35.8 Å². The normalized spacial score (nSPS) is 21.8. The van der Waals surface area contributed by atoms with Crippen LogP contribution in [0.2, 0.25) is 0 Å². The number of benzene rings is 4. The number of carbonyl (C=O) groups is 3. The molecule has 4 aromatic rings. The maximum Gasteiger partial charge on any atom is 0.255 e. The summed E-state index contributed by atoms with van der Waals surface area (Å²) in [6, 6.07) is 29.1. The molecule has 274 valence electrons. The zero-order valence-electron chi connectivity index (χ0n) is 29.6. The third-order valence-electron chi connectivity index (χ3n) is 10.9. The highest BCUT2D eigenvalue weighted by Crippen LogP contribution is 2.47. The highest BCUT2D eigenvalue weighted by Gasteiger charge is 2.39. The zero-order chi connectivity index (χ0) is 36.3. The number of nitrogens with zero attached hydrogens (tertiary/aromatic N) is 3. The molecule has 0 aromatic heterocycles. The molecule has 0 aliphatic carbocycles. The number of ether oxygens (including phenoxy) is 3. The number of aromatic hydroxyl groups is 1. The molecule has 3 amide bonds. The second-order valence-electron chi connectivity index (χ2n) is 14.2. The lowest BCUT2D eigenvalue weighted by Crippen LogP contribution is -2.52. The van der Waals surface area contributed by atoms with Crippen molar-refractivity contribution in [3.8, 4) is 23.0 Å². The molecule has 1 unspecified atom stereocenters. The lowest BCUT2D eigenvalue weighted by atomic mass is 9.76. The number of imide groups is 1. The van der Waals surface area contributed by atoms with Crippen molar-refractivity contribution >= 4 is 17.7 Å². The van der Waals surface area contributed by atoms with E-state index >= 15 is 0 Å². The van der Waals surface area contributed by atoms with Crippen molar-refractivity contribution in [1.82, 2.24) is 20.0 Å². The molecule has 0 bridgehead atoms. The van der Waals surface area contributed by atoms with Gasteiger partial charge in [0.15, 0.2) is 0 Å². The van der Waals surface area contributed by atoms with E-state index in [9.17, 15) is 19.5 Å². The molecule has 0 spiro atoms. The second kappa shape index (κ2) is 15.3. The molecule has 2 fully saturated rings. The summed E-state index contributed by atoms with van der Waals surface area (Å²) in [7, 11) is 0. The van der Waals surface area contributed by atoms with E-state index in [1.807, 2.05) is 24.3 Å². The predicted molar refractivity (Wildman–Crippen MR) is 197 cm³/mol. The maximum atomic E-state index is 13.0. The van der Waals surface area contributed by atoms with Gasteiger partial charge in [-0.25, -0.2) is 0 Å². The fourth-order valence-corrected chi connectivity index (χ4v) is 8.03. The van der Waals surface area contributed by atoms with Crippen LogP contribution in [0.4, 0.5) is 0 Å². The van der Waals surface area contributed by atoms with Crippen LogP contribution in [-0.2, 0) is 16.1 Å². The van der Waals surface area contributed by atoms with Gasteiger partial charge in [-0.15, -0.1) is 0 Å². The summed E-state index contributed by atoms with van der Waals surface area (Å²) in [6.07, 6.45) is 0.583. The lowest BCUT2D eigenvalue weighted by molar-refractivity contribution is -0.136. The summed E-state index contributed by atoms with van der Waals surface area (Å²) in [5, 5.41) is 12.4. The average Bonchev–Trinajstić information content (AvgIpc) is 3.50. The maximum absolute atomic E-state index is 13.0. The summed E-state index contributed by atoms with van der Waals surface area (Å²) in [5.41, 5.74) is 4.91. The number of piperidine rings is 1. The van der Waals surface area contributed by atoms with Gasteiger partial charge in [-0.3, -0.25) is 29.5 Å². The molecular weight excluding hydrogens is 672 g/mol. The van der Waals surface area contributed by atoms with E-state index in [0.717, 1.165) is 61.9 Å². The molecule has 11 heteroatoms. The van der Waals surface area contributed by atoms with Crippen LogP contribution >= 0.6 is 0 Å². The number of piperazine rings is 1. The molecule has 4 aliphatic heterocycles. The average molecular weight is 717 g/mol. The first kappa shape index (κ1) is 34.7. The van der Waals surface area contributed by atoms with E-state index in [1.165, 1.54) is 11.1 Å². The monoisotopic (exact) mass is 716 g/mol. The van der Waals surface area contributed by atoms with E-state index < -0.39 is 11.9 Å². The van der Waals surface area contributed by atoms with Crippen LogP contribution in [0, 0.1) is 0 Å². The lowest BCUT2D eigenvalue weighted by Gasteiger charge is -2.35. The van der Waals surface area contributed by atoms with Crippen LogP contribution < -0.4 is 19.5 Å². The number of phenols is 1. The number of nitrogens with one attached hydrogen (secondary N) is 1. The Balaban J connectivity index is 0.778. The molecule has 8 rings (SSSR count). The quantitative estimate of drug-likeness (QED) is 0.216. The molecule has 3 atom stereocenters. The fraction of sp³-hybridized carbons (Fsp3) is 0.357. The van der Waals surface area contributed by atoms with Gasteiger partial charge >= 0.3 is 0 Å². The first-order chi connectivity index (χ1) is 25.9. The first-order valence-corrected chi connectivity index (χ1v) is 18.5. The van der Waals surface area contributed by atoms with Crippen molar-refractivity contribution < 1.29 is 33.7 Å². The Labute approximate surface area is 309 Å². The van der Waals surface area contributed by atoms with Crippen LogP contribution in [0.1, 0.15) is 57.3 Å². The van der Waals surface area contributed by atoms with Gasteiger partial charge in [-0.1, -0.05) is 48.5 Å². The summed E-state index contributed by atoms with van der Waals surface area (Å²) < 4.78 is 18.4. The second-order valence-corrected chi connectivity index (χ2v) is 14.2. The highest BCUT2D eigenvalue weighted by atomic mass is 16.5. The zero-order valence-corrected chi connectivity index (χ0v) is 29.6. The molecule has 4 aromatic carbocycles. The molecule has 4 heterocycles. The Morgan fingerprint density at radius 3 is 2.19 bits per heavy atom. The van der Waals surface area contributed by atoms with Crippen LogP contribution in [-0.4, -0.2) is 103 Å². The third-order valence-corrected chi connectivity index (χ3v) is 10.9. The van der Waals surface area contributed by atoms with Crippen molar-refractivity contribution in [1.29, 1.82) is 0 Å². The SMILES string of the molecule is O=C1CCC(N2Cc3cc(OCCN4CCN(CCOc5ccc([C@@H]6c7ccc(O)cc7OC[C@@H]6c6ccccc6)cc5)CC4)ccc3C2=O)C(=O)N1. The van der Waals surface area contributed by atoms with Crippen LogP contribution in [0.3, 0.4) is 0 Å². The van der Waals surface area contributed by atoms with Gasteiger partial charge < -0.3 is 24.2 Å². The van der Waals surface area contributed by atoms with Crippen molar-refractivity contribution in [3.63, 3.8) is 0 Å². The number of fused-ring (bicyclic) bond motifs is 2. The van der Waals surface area contributed by atoms with Gasteiger partial charge in [-0.2, -0.15) is 0 Å². The highest BCUT2D eigenvalue weighted by molar-refractivity contribution is 6.05. The van der Waals surface area contributed by atoms with Crippen molar-refractivity contribution in [2.24, 2.45) is 0 Å². The Bertz CT molecular complexity index is 1960. The van der Waals surface area contributed by atoms with Crippen LogP contribution in [0.5, 0.6) is 23.0 Å². The first-order valence-electron chi connectivity index (χ1n) is 18.5. The fourth-order valence-electron chi connectivity index (χ4n) is 8.03. The number of hydrogen-bond donors (Lipinski definition) is 2. The van der Waals surface area contributed by atoms with E-state index in [0.29, 0.717) is 44.1 Å². The predicted octanol–water partition coefficient (Wildman–Crippen LogP) is 4.54. The van der Waals surface area contributed by atoms with E-state index in [2.05, 4.69) is 63.6 Å². The van der Waals surface area contributed by atoms with Crippen LogP contribution in [0.15, 0.2) is 91.0 Å². The van der Waals surface area contributed by atoms with Crippen molar-refractivity contribution in [3.05, 3.63) is 119 Å². The molecule has 0 radical (unpaired) electrons. The Morgan fingerprint density at radius 2 is 1.47 bits per heavy atom. The van der Waals surface area contributed by atoms with Crippen molar-refractivity contribution in [2.75, 3.05) is 59.1 Å². The summed E-state index contributed by atoms with van der Waals surface area (Å²) in [4.78, 5) is 43.2. The number of phenolic OH excluding ortho intramolecular Hbond substituents is 1. The summed E-state index contributed by atoms with van der Waals surface area (Å²) in [6.45, 7) is 7.49. The number of carbonyl (C=O) groups excluding carboxylic acids is 3. The van der Waals surface area contributed by atoms with E-state index in [1.54, 1.807) is 23.1 Å². The van der Waals surface area contributed by atoms with Gasteiger partial charge in [0.25, 0.3) is 5.91 Å². The van der Waals surface area contributed by atoms with Gasteiger partial charge in [0.2, 0.25) is 11.8 Å². The van der Waals surface area contributed by atoms with E-state index in [4.69, 9.17) is 14.2 Å². The molecule has 53 heavy (non-hydrogen) atoms. The van der Waals surface area contributed by atoms with Gasteiger partial charge in [0.1, 0.15) is 42.3 Å². The number of rotatable bonds is 11. The Morgan fingerprint density at radius 1 is 0.774 bits per heavy atom. The Hall–Kier alpha value is -5.39. The Kier molecular flexibility index (Phi) is 10.0. The van der Waals surface area contributed by atoms with Crippen molar-refractivity contribution in [2.45, 2.75) is 37.3 Å². The molecule has 0 saturated carbocycles. The molecule has 2 saturated heterocycles. The summed E-state index contributed by atoms with van der Waals surface area (Å²) in [5.74, 6) is 1.85. The summed E-state index contributed by atoms with van der Waals surface area (Å²) >= 11 is 0. The largest absolute Gasteiger partial charge is 0.508 e. The topological polar surface area (TPSA) is 121 Å². The number of hydrogen-bond acceptors (Lipinski definition) is 9. The van der Waals surface area contributed by atoms with Gasteiger partial charge in [0.05, 0.1) is 6.61 Å². The van der Waals surface area contributed by atoms with Gasteiger partial charge in [0, 0.05) is 81.3 Å². The minimum absolute atomic E-state index is 0.0920. The smallest absolute Gasteiger partial charge is 0.255 e. The molecular formula is C42H44N4O7. The molecule has 11 nitrogen and oxygen atoms in total. The van der Waals surface area contributed by atoms with Crippen LogP contribution in [0.25, 0.3) is 0 Å². The van der Waals surface area contributed by atoms with Gasteiger partial charge in [-0.05, 0) is 59.5 Å². The minimum atomic E-state index is -0.623. The standard InChI is InChI=1S/C42H44N4O7/c47-31-8-12-35-38(25-31)53-27-36(28-4-2-1-3-5-28)40(35)29-6-9-32(10-7-29)51-22-20-44-16-18-45(19-17-44)21-23-52-33-11-13-34-30(24-33)26-46(42(34)50)37-14-15-39(48)43-41(37)49/h1-13,24-25,36-37,40,47H,14-23,26-27H2,(H,43,48,49)/t36-,37?,40-/m1/s1. The molecule has 2 N–H and O–H groups in total. The third kappa shape index (κ3) is 7.58. The number of amides is 3. The molecule has 4 aliphatic rings.